The molecule has 0 unspecified atom stereocenters. The number of carbonyl (C=O) groups is 1. The average molecular weight is 292 g/mol. The summed E-state index contributed by atoms with van der Waals surface area (Å²) >= 11 is 0. The maximum Gasteiger partial charge on any atom is 0.226 e. The Morgan fingerprint density at radius 2 is 1.95 bits per heavy atom. The highest BCUT2D eigenvalue weighted by Crippen LogP contribution is 2.22. The maximum absolute atomic E-state index is 11.9. The van der Waals surface area contributed by atoms with Crippen LogP contribution < -0.4 is 5.32 Å². The van der Waals surface area contributed by atoms with Gasteiger partial charge in [0.1, 0.15) is 5.69 Å². The molecule has 0 aliphatic carbocycles. The monoisotopic (exact) mass is 292 g/mol. The van der Waals surface area contributed by atoms with Gasteiger partial charge in [0, 0.05) is 19.6 Å². The number of nitrogens with zero attached hydrogens (tertiary/aromatic N) is 1. The van der Waals surface area contributed by atoms with E-state index in [1.54, 1.807) is 0 Å². The van der Waals surface area contributed by atoms with E-state index in [4.69, 9.17) is 14.0 Å². The third-order valence-electron chi connectivity index (χ3n) is 3.48. The predicted molar refractivity (Wildman–Crippen MR) is 78.0 cm³/mol. The van der Waals surface area contributed by atoms with Gasteiger partial charge in [-0.2, -0.15) is 0 Å². The molecular formula is C15H20N2O4. The third kappa shape index (κ3) is 3.59. The lowest BCUT2D eigenvalue weighted by atomic mass is 10.1. The first kappa shape index (κ1) is 15.5. The van der Waals surface area contributed by atoms with Gasteiger partial charge in [0.05, 0.1) is 13.0 Å². The molecule has 1 aromatic carbocycles. The number of nitrogens with one attached hydrogen (secondary N) is 1. The zero-order chi connectivity index (χ0) is 15.4. The van der Waals surface area contributed by atoms with E-state index < -0.39 is 6.29 Å². The van der Waals surface area contributed by atoms with Crippen LogP contribution in [0.5, 0.6) is 0 Å². The number of methoxy groups -OCH3 is 2. The lowest BCUT2D eigenvalue weighted by Crippen LogP contribution is -2.35. The highest BCUT2D eigenvalue weighted by Gasteiger charge is 2.14. The zero-order valence-corrected chi connectivity index (χ0v) is 12.7. The molecule has 2 rings (SSSR count). The van der Waals surface area contributed by atoms with E-state index in [-0.39, 0.29) is 12.3 Å². The van der Waals surface area contributed by atoms with Gasteiger partial charge in [-0.25, -0.2) is 0 Å². The summed E-state index contributed by atoms with van der Waals surface area (Å²) in [6.07, 6.45) is -0.289. The fourth-order valence-electron chi connectivity index (χ4n) is 2.05. The molecule has 6 nitrogen and oxygen atoms in total. The van der Waals surface area contributed by atoms with Crippen molar-refractivity contribution >= 4 is 16.9 Å². The minimum atomic E-state index is -0.451. The number of benzene rings is 1. The number of amides is 1. The first-order valence-electron chi connectivity index (χ1n) is 6.73. The molecule has 0 aliphatic rings. The Bertz CT molecular complexity index is 632. The van der Waals surface area contributed by atoms with Crippen molar-refractivity contribution < 1.29 is 18.8 Å². The van der Waals surface area contributed by atoms with Crippen LogP contribution in [-0.4, -0.2) is 38.1 Å². The van der Waals surface area contributed by atoms with E-state index in [0.717, 1.165) is 16.5 Å². The minimum Gasteiger partial charge on any atom is -0.356 e. The minimum absolute atomic E-state index is 0.150. The molecule has 1 heterocycles. The number of fused-ring (bicyclic) bond motifs is 1. The van der Waals surface area contributed by atoms with Gasteiger partial charge in [-0.05, 0) is 37.1 Å². The predicted octanol–water partition coefficient (Wildman–Crippen LogP) is 1.72. The van der Waals surface area contributed by atoms with Crippen molar-refractivity contribution in [1.82, 2.24) is 10.5 Å². The molecule has 114 valence electrons. The van der Waals surface area contributed by atoms with E-state index in [1.165, 1.54) is 14.2 Å². The second kappa shape index (κ2) is 6.69. The average Bonchev–Trinajstić information content (AvgIpc) is 2.83. The highest BCUT2D eigenvalue weighted by atomic mass is 16.7. The molecule has 0 aliphatic heterocycles. The summed E-state index contributed by atoms with van der Waals surface area (Å²) < 4.78 is 15.3. The number of aromatic nitrogens is 1. The first-order chi connectivity index (χ1) is 10.0. The van der Waals surface area contributed by atoms with Crippen molar-refractivity contribution in [3.05, 3.63) is 29.0 Å². The molecule has 0 spiro atoms. The summed E-state index contributed by atoms with van der Waals surface area (Å²) in [6, 6.07) is 3.93. The van der Waals surface area contributed by atoms with Crippen molar-refractivity contribution in [3.63, 3.8) is 0 Å². The molecule has 6 heteroatoms. The van der Waals surface area contributed by atoms with Gasteiger partial charge in [-0.3, -0.25) is 4.79 Å². The van der Waals surface area contributed by atoms with Crippen molar-refractivity contribution in [3.8, 4) is 0 Å². The third-order valence-corrected chi connectivity index (χ3v) is 3.48. The second-order valence-corrected chi connectivity index (χ2v) is 4.94. The molecule has 1 amide bonds. The molecule has 0 bridgehead atoms. The van der Waals surface area contributed by atoms with E-state index in [9.17, 15) is 4.79 Å². The van der Waals surface area contributed by atoms with Crippen LogP contribution in [0.4, 0.5) is 0 Å². The van der Waals surface area contributed by atoms with Gasteiger partial charge >= 0.3 is 0 Å². The lowest BCUT2D eigenvalue weighted by molar-refractivity contribution is -0.126. The van der Waals surface area contributed by atoms with Crippen LogP contribution in [0.1, 0.15) is 16.8 Å². The molecule has 1 N–H and O–H groups in total. The summed E-state index contributed by atoms with van der Waals surface area (Å²) in [6.45, 7) is 4.33. The van der Waals surface area contributed by atoms with Crippen molar-refractivity contribution in [2.24, 2.45) is 0 Å². The van der Waals surface area contributed by atoms with Gasteiger partial charge in [-0.15, -0.1) is 0 Å². The van der Waals surface area contributed by atoms with Gasteiger partial charge in [0.2, 0.25) is 5.91 Å². The zero-order valence-electron chi connectivity index (χ0n) is 12.7. The molecule has 0 radical (unpaired) electrons. The molecule has 1 aromatic heterocycles. The number of aryl methyl sites for hydroxylation is 2. The summed E-state index contributed by atoms with van der Waals surface area (Å²) in [4.78, 5) is 11.9. The van der Waals surface area contributed by atoms with Crippen LogP contribution in [0.2, 0.25) is 0 Å². The molecule has 0 saturated carbocycles. The fraction of sp³-hybridized carbons (Fsp3) is 0.467. The van der Waals surface area contributed by atoms with Crippen molar-refractivity contribution in [2.45, 2.75) is 26.6 Å². The van der Waals surface area contributed by atoms with Crippen LogP contribution in [0.25, 0.3) is 11.0 Å². The Kier molecular flexibility index (Phi) is 4.93. The van der Waals surface area contributed by atoms with Crippen LogP contribution >= 0.6 is 0 Å². The molecule has 21 heavy (non-hydrogen) atoms. The smallest absolute Gasteiger partial charge is 0.226 e. The van der Waals surface area contributed by atoms with Gasteiger partial charge < -0.3 is 19.3 Å². The van der Waals surface area contributed by atoms with Crippen LogP contribution in [0.3, 0.4) is 0 Å². The molecule has 0 fully saturated rings. The quantitative estimate of drug-likeness (QED) is 0.821. The lowest BCUT2D eigenvalue weighted by Gasteiger charge is -2.13. The summed E-state index contributed by atoms with van der Waals surface area (Å²) in [7, 11) is 3.05. The Labute approximate surface area is 123 Å². The number of carbonyl (C=O) groups excluding carboxylic acids is 1. The highest BCUT2D eigenvalue weighted by molar-refractivity contribution is 5.87. The largest absolute Gasteiger partial charge is 0.356 e. The molecule has 2 aromatic rings. The molecule has 0 atom stereocenters. The Balaban J connectivity index is 2.06. The summed E-state index contributed by atoms with van der Waals surface area (Å²) in [5, 5.41) is 7.61. The van der Waals surface area contributed by atoms with E-state index in [1.807, 2.05) is 26.0 Å². The number of rotatable bonds is 6. The normalized spacial score (nSPS) is 11.3. The first-order valence-corrected chi connectivity index (χ1v) is 6.73. The molecule has 0 saturated heterocycles. The number of hydrogen-bond donors (Lipinski definition) is 1. The SMILES string of the molecule is COC(CNC(=O)Cc1noc2cc(C)c(C)cc12)OC. The van der Waals surface area contributed by atoms with E-state index in [0.29, 0.717) is 17.8 Å². The summed E-state index contributed by atoms with van der Waals surface area (Å²) in [5.74, 6) is -0.150. The van der Waals surface area contributed by atoms with E-state index >= 15 is 0 Å². The van der Waals surface area contributed by atoms with Crippen LogP contribution in [0, 0.1) is 13.8 Å². The standard InChI is InChI=1S/C15H20N2O4/c1-9-5-11-12(17-21-13(11)6-10(9)2)7-14(18)16-8-15(19-3)20-4/h5-6,15H,7-8H2,1-4H3,(H,16,18). The van der Waals surface area contributed by atoms with Gasteiger partial charge in [0.15, 0.2) is 11.9 Å². The maximum atomic E-state index is 11.9. The van der Waals surface area contributed by atoms with Crippen LogP contribution in [-0.2, 0) is 20.7 Å². The number of ether oxygens (including phenoxy) is 2. The van der Waals surface area contributed by atoms with E-state index in [2.05, 4.69) is 10.5 Å². The second-order valence-electron chi connectivity index (χ2n) is 4.94. The van der Waals surface area contributed by atoms with Crippen molar-refractivity contribution in [1.29, 1.82) is 0 Å². The Hall–Kier alpha value is -1.92. The van der Waals surface area contributed by atoms with Gasteiger partial charge in [-0.1, -0.05) is 5.16 Å². The Morgan fingerprint density at radius 3 is 2.62 bits per heavy atom. The fourth-order valence-corrected chi connectivity index (χ4v) is 2.05. The molecular weight excluding hydrogens is 272 g/mol. The number of hydrogen-bond acceptors (Lipinski definition) is 5. The van der Waals surface area contributed by atoms with Crippen molar-refractivity contribution in [2.75, 3.05) is 20.8 Å². The summed E-state index contributed by atoms with van der Waals surface area (Å²) in [5.41, 5.74) is 3.62. The van der Waals surface area contributed by atoms with Crippen LogP contribution in [0.15, 0.2) is 16.7 Å². The topological polar surface area (TPSA) is 73.6 Å². The Morgan fingerprint density at radius 1 is 1.29 bits per heavy atom. The van der Waals surface area contributed by atoms with Gasteiger partial charge in [0.25, 0.3) is 0 Å².